The van der Waals surface area contributed by atoms with Gasteiger partial charge in [-0.3, -0.25) is 9.97 Å². The molecule has 0 saturated carbocycles. The molecule has 7 nitrogen and oxygen atoms in total. The van der Waals surface area contributed by atoms with Crippen LogP contribution in [0.2, 0.25) is 0 Å². The highest BCUT2D eigenvalue weighted by atomic mass is 16.3. The Bertz CT molecular complexity index is 2790. The van der Waals surface area contributed by atoms with E-state index in [1.165, 1.54) is 0 Å². The lowest BCUT2D eigenvalue weighted by atomic mass is 10.0. The number of benzene rings is 4. The predicted octanol–water partition coefficient (Wildman–Crippen LogP) is 12.0. The van der Waals surface area contributed by atoms with E-state index < -0.39 is 0 Å². The fourth-order valence-electron chi connectivity index (χ4n) is 6.29. The second-order valence-corrected chi connectivity index (χ2v) is 11.1. The van der Waals surface area contributed by atoms with Gasteiger partial charge in [-0.15, -0.1) is 0 Å². The third kappa shape index (κ3) is 5.07. The van der Waals surface area contributed by atoms with Crippen molar-refractivity contribution in [3.05, 3.63) is 122 Å². The Morgan fingerprint density at radius 2 is 0.837 bits per heavy atom. The van der Waals surface area contributed by atoms with Gasteiger partial charge in [0, 0.05) is 51.3 Å². The van der Waals surface area contributed by atoms with Crippen LogP contribution in [0.1, 0.15) is 27.7 Å². The van der Waals surface area contributed by atoms with E-state index in [-0.39, 0.29) is 0 Å². The molecule has 0 spiro atoms. The number of pyridine rings is 2. The lowest BCUT2D eigenvalue weighted by Crippen LogP contribution is -1.91. The smallest absolute Gasteiger partial charge is 0.159 e. The summed E-state index contributed by atoms with van der Waals surface area (Å²) < 4.78 is 18.2. The van der Waals surface area contributed by atoms with E-state index in [0.717, 1.165) is 94.0 Å². The normalized spacial score (nSPS) is 11.3. The molecule has 4 aromatic carbocycles. The van der Waals surface area contributed by atoms with Gasteiger partial charge in [0.25, 0.3) is 0 Å². The van der Waals surface area contributed by atoms with E-state index >= 15 is 0 Å². The van der Waals surface area contributed by atoms with Crippen LogP contribution in [0, 0.1) is 0 Å². The molecular formula is C42H32N4O3. The van der Waals surface area contributed by atoms with Crippen LogP contribution in [0.5, 0.6) is 0 Å². The van der Waals surface area contributed by atoms with E-state index in [9.17, 15) is 0 Å². The quantitative estimate of drug-likeness (QED) is 0.190. The van der Waals surface area contributed by atoms with Crippen molar-refractivity contribution in [1.82, 2.24) is 19.9 Å². The second-order valence-electron chi connectivity index (χ2n) is 11.1. The number of nitrogens with zero attached hydrogens (tertiary/aromatic N) is 4. The van der Waals surface area contributed by atoms with Gasteiger partial charge >= 0.3 is 0 Å². The standard InChI is InChI=1S/C38H20N4O3.2C2H6/c1-3-34-36(39-14-1)27-18-22(6-10-32(27)44-34)21-5-9-30-25(17-21)26-20-24(8-12-31(26)43-30)38-41-16-13-29(42-38)23-7-11-33-28(19-23)37-35(45-33)4-2-15-40-37;2*1-2/h1-20H;2*1-2H3. The first-order chi connectivity index (χ1) is 24.2. The van der Waals surface area contributed by atoms with Gasteiger partial charge in [0.15, 0.2) is 17.0 Å². The Balaban J connectivity index is 0.000000843. The Hall–Kier alpha value is -6.34. The van der Waals surface area contributed by atoms with Crippen molar-refractivity contribution < 1.29 is 13.3 Å². The largest absolute Gasteiger partial charge is 0.456 e. The number of aromatic nitrogens is 4. The number of furan rings is 3. The maximum Gasteiger partial charge on any atom is 0.159 e. The molecule has 0 aliphatic heterocycles. The Morgan fingerprint density at radius 1 is 0.388 bits per heavy atom. The summed E-state index contributed by atoms with van der Waals surface area (Å²) in [6.45, 7) is 8.00. The first-order valence-electron chi connectivity index (χ1n) is 16.6. The van der Waals surface area contributed by atoms with Gasteiger partial charge in [-0.25, -0.2) is 9.97 Å². The van der Waals surface area contributed by atoms with Crippen LogP contribution in [0.15, 0.2) is 135 Å². The molecule has 0 aliphatic rings. The molecule has 7 heteroatoms. The van der Waals surface area contributed by atoms with Crippen LogP contribution in [-0.2, 0) is 0 Å². The monoisotopic (exact) mass is 640 g/mol. The summed E-state index contributed by atoms with van der Waals surface area (Å²) in [5.41, 5.74) is 11.4. The summed E-state index contributed by atoms with van der Waals surface area (Å²) in [6, 6.07) is 34.3. The summed E-state index contributed by atoms with van der Waals surface area (Å²) in [6.07, 6.45) is 5.37. The number of fused-ring (bicyclic) bond motifs is 9. The van der Waals surface area contributed by atoms with Gasteiger partial charge in [-0.1, -0.05) is 39.8 Å². The minimum absolute atomic E-state index is 0.639. The SMILES string of the molecule is CC.CC.c1cnc2c(c1)oc1ccc(-c3ccc4oc5ccc(-c6nccc(-c7ccc8oc9cccnc9c8c7)n6)cc5c4c3)cc12. The predicted molar refractivity (Wildman–Crippen MR) is 198 cm³/mol. The maximum absolute atomic E-state index is 6.23. The third-order valence-corrected chi connectivity index (χ3v) is 8.46. The lowest BCUT2D eigenvalue weighted by molar-refractivity contribution is 0.668. The van der Waals surface area contributed by atoms with Crippen LogP contribution in [0.25, 0.3) is 99.8 Å². The van der Waals surface area contributed by atoms with Crippen molar-refractivity contribution in [2.75, 3.05) is 0 Å². The Labute approximate surface area is 281 Å². The van der Waals surface area contributed by atoms with Gasteiger partial charge in [0.05, 0.1) is 5.69 Å². The average molecular weight is 641 g/mol. The summed E-state index contributed by atoms with van der Waals surface area (Å²) in [7, 11) is 0. The molecule has 49 heavy (non-hydrogen) atoms. The van der Waals surface area contributed by atoms with Gasteiger partial charge in [0.1, 0.15) is 33.4 Å². The Kier molecular flexibility index (Phi) is 7.57. The molecule has 0 fully saturated rings. The summed E-state index contributed by atoms with van der Waals surface area (Å²) in [5.74, 6) is 0.639. The molecule has 0 radical (unpaired) electrons. The highest BCUT2D eigenvalue weighted by Gasteiger charge is 2.15. The molecule has 0 N–H and O–H groups in total. The molecule has 10 aromatic rings. The van der Waals surface area contributed by atoms with Crippen molar-refractivity contribution in [3.8, 4) is 33.8 Å². The van der Waals surface area contributed by atoms with E-state index in [1.54, 1.807) is 18.6 Å². The zero-order valence-corrected chi connectivity index (χ0v) is 27.6. The molecule has 10 rings (SSSR count). The van der Waals surface area contributed by atoms with Crippen molar-refractivity contribution in [1.29, 1.82) is 0 Å². The van der Waals surface area contributed by atoms with Gasteiger partial charge in [0.2, 0.25) is 0 Å². The van der Waals surface area contributed by atoms with Crippen LogP contribution in [0.4, 0.5) is 0 Å². The van der Waals surface area contributed by atoms with Crippen molar-refractivity contribution in [3.63, 3.8) is 0 Å². The zero-order valence-electron chi connectivity index (χ0n) is 27.6. The van der Waals surface area contributed by atoms with Crippen molar-refractivity contribution in [2.45, 2.75) is 27.7 Å². The topological polar surface area (TPSA) is 91.0 Å². The minimum atomic E-state index is 0.639. The van der Waals surface area contributed by atoms with Gasteiger partial charge in [-0.2, -0.15) is 0 Å². The van der Waals surface area contributed by atoms with E-state index in [2.05, 4.69) is 51.4 Å². The fourth-order valence-corrected chi connectivity index (χ4v) is 6.29. The summed E-state index contributed by atoms with van der Waals surface area (Å²) in [4.78, 5) is 18.7. The molecule has 0 aliphatic carbocycles. The Morgan fingerprint density at radius 3 is 1.43 bits per heavy atom. The average Bonchev–Trinajstić information content (AvgIpc) is 3.86. The van der Waals surface area contributed by atoms with E-state index in [1.807, 2.05) is 94.4 Å². The van der Waals surface area contributed by atoms with Crippen molar-refractivity contribution in [2.24, 2.45) is 0 Å². The van der Waals surface area contributed by atoms with E-state index in [4.69, 9.17) is 18.2 Å². The van der Waals surface area contributed by atoms with Crippen LogP contribution < -0.4 is 0 Å². The van der Waals surface area contributed by atoms with Gasteiger partial charge in [-0.05, 0) is 102 Å². The fraction of sp³-hybridized carbons (Fsp3) is 0.0952. The maximum atomic E-state index is 6.23. The first-order valence-corrected chi connectivity index (χ1v) is 16.6. The zero-order chi connectivity index (χ0) is 33.5. The molecule has 238 valence electrons. The molecule has 0 unspecified atom stereocenters. The highest BCUT2D eigenvalue weighted by molar-refractivity contribution is 6.09. The van der Waals surface area contributed by atoms with Crippen LogP contribution in [-0.4, -0.2) is 19.9 Å². The van der Waals surface area contributed by atoms with Crippen LogP contribution >= 0.6 is 0 Å². The van der Waals surface area contributed by atoms with Crippen LogP contribution in [0.3, 0.4) is 0 Å². The molecule has 6 aromatic heterocycles. The molecule has 0 atom stereocenters. The summed E-state index contributed by atoms with van der Waals surface area (Å²) in [5, 5.41) is 3.99. The summed E-state index contributed by atoms with van der Waals surface area (Å²) >= 11 is 0. The minimum Gasteiger partial charge on any atom is -0.456 e. The molecule has 0 bridgehead atoms. The molecular weight excluding hydrogens is 608 g/mol. The molecule has 6 heterocycles. The highest BCUT2D eigenvalue weighted by Crippen LogP contribution is 2.37. The number of hydrogen-bond acceptors (Lipinski definition) is 7. The number of hydrogen-bond donors (Lipinski definition) is 0. The van der Waals surface area contributed by atoms with E-state index in [0.29, 0.717) is 5.82 Å². The number of rotatable bonds is 3. The lowest BCUT2D eigenvalue weighted by Gasteiger charge is -2.05. The van der Waals surface area contributed by atoms with Crippen molar-refractivity contribution >= 4 is 66.1 Å². The third-order valence-electron chi connectivity index (χ3n) is 8.46. The van der Waals surface area contributed by atoms with Gasteiger partial charge < -0.3 is 13.3 Å². The molecule has 0 amide bonds. The second kappa shape index (κ2) is 12.4. The first kappa shape index (κ1) is 30.0. The molecule has 0 saturated heterocycles.